The van der Waals surface area contributed by atoms with Crippen molar-refractivity contribution >= 4 is 5.97 Å². The lowest BCUT2D eigenvalue weighted by atomic mass is 9.80. The van der Waals surface area contributed by atoms with Gasteiger partial charge in [0.25, 0.3) is 0 Å². The average Bonchev–Trinajstić information content (AvgIpc) is 3.48. The topological polar surface area (TPSA) is 55.8 Å². The maximum atomic E-state index is 13.3. The Morgan fingerprint density at radius 2 is 1.67 bits per heavy atom. The summed E-state index contributed by atoms with van der Waals surface area (Å²) in [6.45, 7) is 3.41. The molecule has 2 fully saturated rings. The molecule has 1 aliphatic heterocycles. The van der Waals surface area contributed by atoms with Gasteiger partial charge in [-0.3, -0.25) is 0 Å². The van der Waals surface area contributed by atoms with E-state index in [1.807, 2.05) is 60.7 Å². The van der Waals surface area contributed by atoms with E-state index in [4.69, 9.17) is 9.47 Å². The maximum absolute atomic E-state index is 13.3. The van der Waals surface area contributed by atoms with Crippen molar-refractivity contribution in [3.05, 3.63) is 66.2 Å². The summed E-state index contributed by atoms with van der Waals surface area (Å²) in [6.07, 6.45) is 5.45. The van der Waals surface area contributed by atoms with Gasteiger partial charge in [0.1, 0.15) is 12.3 Å². The molecule has 1 saturated heterocycles. The molecule has 6 heteroatoms. The summed E-state index contributed by atoms with van der Waals surface area (Å²) in [5, 5.41) is 11.6. The number of carbonyl (C=O) groups excluding carboxylic acids is 1. The normalized spacial score (nSPS) is 24.6. The molecule has 2 aromatic rings. The monoisotopic (exact) mass is 517 g/mol. The van der Waals surface area contributed by atoms with Gasteiger partial charge >= 0.3 is 5.97 Å². The minimum absolute atomic E-state index is 0. The largest absolute Gasteiger partial charge is 1.00 e. The van der Waals surface area contributed by atoms with Crippen LogP contribution in [0.5, 0.6) is 5.75 Å². The van der Waals surface area contributed by atoms with Crippen molar-refractivity contribution in [2.24, 2.45) is 5.92 Å². The molecule has 0 bridgehead atoms. The summed E-state index contributed by atoms with van der Waals surface area (Å²) in [4.78, 5) is 13.3. The number of hydrogen-bond donors (Lipinski definition) is 1. The third kappa shape index (κ3) is 6.17. The van der Waals surface area contributed by atoms with E-state index in [1.54, 1.807) is 0 Å². The second-order valence-corrected chi connectivity index (χ2v) is 9.69. The van der Waals surface area contributed by atoms with Gasteiger partial charge in [0.15, 0.2) is 11.7 Å². The average molecular weight is 518 g/mol. The molecule has 0 radical (unpaired) electrons. The smallest absolute Gasteiger partial charge is 0.343 e. The first-order chi connectivity index (χ1) is 15.5. The number of para-hydroxylation sites is 1. The maximum Gasteiger partial charge on any atom is 0.343 e. The van der Waals surface area contributed by atoms with E-state index in [0.717, 1.165) is 68.4 Å². The predicted octanol–water partition coefficient (Wildman–Crippen LogP) is 1.30. The summed E-state index contributed by atoms with van der Waals surface area (Å²) in [5.74, 6) is 0.353. The quantitative estimate of drug-likeness (QED) is 0.309. The number of esters is 1. The summed E-state index contributed by atoms with van der Waals surface area (Å²) >= 11 is 0. The van der Waals surface area contributed by atoms with Crippen molar-refractivity contribution in [3.63, 3.8) is 0 Å². The van der Waals surface area contributed by atoms with Gasteiger partial charge in [-0.15, -0.1) is 0 Å². The zero-order valence-electron chi connectivity index (χ0n) is 19.5. The lowest BCUT2D eigenvalue weighted by Gasteiger charge is -2.33. The Kier molecular flexibility index (Phi) is 8.96. The van der Waals surface area contributed by atoms with Crippen LogP contribution >= 0.6 is 0 Å². The van der Waals surface area contributed by atoms with Crippen LogP contribution in [0.1, 0.15) is 44.1 Å². The van der Waals surface area contributed by atoms with Gasteiger partial charge in [-0.1, -0.05) is 61.4 Å². The van der Waals surface area contributed by atoms with Gasteiger partial charge < -0.3 is 36.0 Å². The number of hydrogen-bond acceptors (Lipinski definition) is 4. The first-order valence-electron chi connectivity index (χ1n) is 12.0. The van der Waals surface area contributed by atoms with E-state index < -0.39 is 11.6 Å². The Balaban J connectivity index is 0.00000306. The molecule has 33 heavy (non-hydrogen) atoms. The minimum Gasteiger partial charge on any atom is -1.00 e. The van der Waals surface area contributed by atoms with Crippen molar-refractivity contribution in [2.75, 3.05) is 33.3 Å². The van der Waals surface area contributed by atoms with Gasteiger partial charge in [0, 0.05) is 18.8 Å². The molecule has 5 nitrogen and oxygen atoms in total. The summed E-state index contributed by atoms with van der Waals surface area (Å²) in [7, 11) is 2.22. The standard InChI is InChI=1S/C27H36NO4.BrH/c1-28(18-10-20-31-24-15-6-3-7-16-24)19-17-25(21-28)32-26(29)27(30,23-13-8-9-14-23)22-11-4-2-5-12-22;/h2-7,11-12,15-16,23,25,30H,8-10,13-14,17-21H2,1H3;1H/q+1;/p-1/t25-,27-,28?;/m0./s1. The Morgan fingerprint density at radius 3 is 2.33 bits per heavy atom. The number of carbonyl (C=O) groups is 1. The molecule has 0 aromatic heterocycles. The third-order valence-corrected chi connectivity index (χ3v) is 7.23. The molecule has 2 aromatic carbocycles. The number of likely N-dealkylation sites (N-methyl/N-ethyl adjacent to an activating group) is 1. The lowest BCUT2D eigenvalue weighted by molar-refractivity contribution is -0.899. The fourth-order valence-corrected chi connectivity index (χ4v) is 5.38. The molecule has 1 heterocycles. The molecule has 1 unspecified atom stereocenters. The number of benzene rings is 2. The molecular formula is C27H36BrNO4. The molecule has 3 atom stereocenters. The molecule has 1 saturated carbocycles. The Hall–Kier alpha value is -1.89. The molecule has 1 aliphatic carbocycles. The number of ether oxygens (including phenoxy) is 2. The molecule has 0 spiro atoms. The number of quaternary nitrogens is 1. The van der Waals surface area contributed by atoms with E-state index in [0.29, 0.717) is 12.2 Å². The number of nitrogens with zero attached hydrogens (tertiary/aromatic N) is 1. The molecule has 4 rings (SSSR count). The fraction of sp³-hybridized carbons (Fsp3) is 0.519. The van der Waals surface area contributed by atoms with Gasteiger partial charge in [0.05, 0.1) is 26.7 Å². The van der Waals surface area contributed by atoms with Crippen LogP contribution in [-0.2, 0) is 15.1 Å². The van der Waals surface area contributed by atoms with E-state index in [1.165, 1.54) is 0 Å². The molecule has 1 N–H and O–H groups in total. The Morgan fingerprint density at radius 1 is 1.03 bits per heavy atom. The van der Waals surface area contributed by atoms with Crippen molar-refractivity contribution in [1.82, 2.24) is 0 Å². The van der Waals surface area contributed by atoms with Crippen molar-refractivity contribution < 1.29 is 40.8 Å². The van der Waals surface area contributed by atoms with Crippen LogP contribution < -0.4 is 21.7 Å². The highest BCUT2D eigenvalue weighted by Gasteiger charge is 2.49. The lowest BCUT2D eigenvalue weighted by Crippen LogP contribution is -3.00. The van der Waals surface area contributed by atoms with Crippen LogP contribution in [0.25, 0.3) is 0 Å². The second kappa shape index (κ2) is 11.5. The highest BCUT2D eigenvalue weighted by Crippen LogP contribution is 2.42. The van der Waals surface area contributed by atoms with Gasteiger partial charge in [-0.05, 0) is 30.5 Å². The predicted molar refractivity (Wildman–Crippen MR) is 124 cm³/mol. The molecular weight excluding hydrogens is 482 g/mol. The molecule has 0 amide bonds. The number of halogens is 1. The highest BCUT2D eigenvalue weighted by molar-refractivity contribution is 5.81. The fourth-order valence-electron chi connectivity index (χ4n) is 5.38. The third-order valence-electron chi connectivity index (χ3n) is 7.23. The zero-order valence-corrected chi connectivity index (χ0v) is 21.1. The van der Waals surface area contributed by atoms with Gasteiger partial charge in [-0.2, -0.15) is 0 Å². The summed E-state index contributed by atoms with van der Waals surface area (Å²) in [6, 6.07) is 19.2. The van der Waals surface area contributed by atoms with Crippen molar-refractivity contribution in [2.45, 2.75) is 50.2 Å². The van der Waals surface area contributed by atoms with Crippen LogP contribution in [0.3, 0.4) is 0 Å². The Bertz CT molecular complexity index is 874. The minimum atomic E-state index is -1.55. The van der Waals surface area contributed by atoms with Crippen LogP contribution in [-0.4, -0.2) is 55.0 Å². The van der Waals surface area contributed by atoms with E-state index in [9.17, 15) is 9.90 Å². The van der Waals surface area contributed by atoms with Crippen molar-refractivity contribution in [3.8, 4) is 5.75 Å². The van der Waals surface area contributed by atoms with Gasteiger partial charge in [-0.25, -0.2) is 4.79 Å². The Labute approximate surface area is 208 Å². The van der Waals surface area contributed by atoms with Crippen LogP contribution in [0.15, 0.2) is 60.7 Å². The zero-order chi connectivity index (χ0) is 22.4. The summed E-state index contributed by atoms with van der Waals surface area (Å²) < 4.78 is 12.7. The van der Waals surface area contributed by atoms with Gasteiger partial charge in [0.2, 0.25) is 0 Å². The van der Waals surface area contributed by atoms with E-state index in [-0.39, 0.29) is 29.0 Å². The van der Waals surface area contributed by atoms with E-state index in [2.05, 4.69) is 7.05 Å². The number of aliphatic hydroxyl groups is 1. The van der Waals surface area contributed by atoms with E-state index >= 15 is 0 Å². The molecule has 180 valence electrons. The van der Waals surface area contributed by atoms with Crippen LogP contribution in [0.4, 0.5) is 0 Å². The van der Waals surface area contributed by atoms with Crippen LogP contribution in [0, 0.1) is 5.92 Å². The number of likely N-dealkylation sites (tertiary alicyclic amines) is 1. The number of rotatable bonds is 9. The van der Waals surface area contributed by atoms with Crippen molar-refractivity contribution in [1.29, 1.82) is 0 Å². The highest BCUT2D eigenvalue weighted by atomic mass is 79.9. The van der Waals surface area contributed by atoms with Crippen LogP contribution in [0.2, 0.25) is 0 Å². The summed E-state index contributed by atoms with van der Waals surface area (Å²) in [5.41, 5.74) is -0.891. The SMILES string of the molecule is C[N+]1(CCCOc2ccccc2)CC[C@H](OC(=O)[C@](O)(c2ccccc2)C2CCCC2)C1.[Br-]. The second-order valence-electron chi connectivity index (χ2n) is 9.69. The first kappa shape index (κ1) is 25.7. The first-order valence-corrected chi connectivity index (χ1v) is 12.0. The molecule has 2 aliphatic rings.